The molecule has 0 fully saturated rings. The van der Waals surface area contributed by atoms with Crippen molar-refractivity contribution in [2.24, 2.45) is 0 Å². The lowest BCUT2D eigenvalue weighted by molar-refractivity contribution is 0.804. The van der Waals surface area contributed by atoms with Gasteiger partial charge in [0.15, 0.2) is 0 Å². The van der Waals surface area contributed by atoms with Gasteiger partial charge in [-0.2, -0.15) is 5.26 Å². The fourth-order valence-electron chi connectivity index (χ4n) is 4.21. The molecule has 0 aliphatic heterocycles. The molecule has 3 aromatic carbocycles. The highest BCUT2D eigenvalue weighted by Gasteiger charge is 2.16. The SMILES string of the molecule is Cc1ccc2nc(C(C#N)=Cc3c(C)n(Cc4ccc(Cl)cc4Cl)c4ccccc34)[nH]c2c1. The first kappa shape index (κ1) is 21.3. The molecule has 33 heavy (non-hydrogen) atoms. The Labute approximate surface area is 201 Å². The first-order valence-corrected chi connectivity index (χ1v) is 11.3. The molecule has 162 valence electrons. The maximum atomic E-state index is 9.97. The van der Waals surface area contributed by atoms with Gasteiger partial charge in [-0.15, -0.1) is 0 Å². The van der Waals surface area contributed by atoms with Crippen LogP contribution in [0.1, 0.15) is 28.2 Å². The van der Waals surface area contributed by atoms with Gasteiger partial charge in [-0.1, -0.05) is 53.5 Å². The van der Waals surface area contributed by atoms with Gasteiger partial charge in [-0.25, -0.2) is 4.98 Å². The van der Waals surface area contributed by atoms with Gasteiger partial charge in [-0.05, 0) is 61.4 Å². The van der Waals surface area contributed by atoms with Crippen LogP contribution in [0.25, 0.3) is 33.6 Å². The summed E-state index contributed by atoms with van der Waals surface area (Å²) in [6, 6.07) is 22.1. The summed E-state index contributed by atoms with van der Waals surface area (Å²) in [4.78, 5) is 7.94. The van der Waals surface area contributed by atoms with Crippen molar-refractivity contribution < 1.29 is 0 Å². The Balaban J connectivity index is 1.65. The fraction of sp³-hybridized carbons (Fsp3) is 0.111. The van der Waals surface area contributed by atoms with Gasteiger partial charge in [0, 0.05) is 38.8 Å². The number of imidazole rings is 1. The minimum absolute atomic E-state index is 0.486. The monoisotopic (exact) mass is 470 g/mol. The standard InChI is InChI=1S/C27H20Cl2N4/c1-16-7-10-24-25(11-16)32-27(31-24)19(14-30)12-22-17(2)33(26-6-4-3-5-21(22)26)15-18-8-9-20(28)13-23(18)29/h3-13H,15H2,1-2H3,(H,31,32). The van der Waals surface area contributed by atoms with Gasteiger partial charge >= 0.3 is 0 Å². The third kappa shape index (κ3) is 3.91. The highest BCUT2D eigenvalue weighted by Crippen LogP contribution is 2.32. The van der Waals surface area contributed by atoms with E-state index in [1.165, 1.54) is 0 Å². The van der Waals surface area contributed by atoms with E-state index in [9.17, 15) is 5.26 Å². The third-order valence-corrected chi connectivity index (χ3v) is 6.51. The number of nitrogens with zero attached hydrogens (tertiary/aromatic N) is 3. The molecule has 0 saturated carbocycles. The van der Waals surface area contributed by atoms with Crippen LogP contribution in [0.15, 0.2) is 60.7 Å². The molecule has 1 N–H and O–H groups in total. The summed E-state index contributed by atoms with van der Waals surface area (Å²) in [6.45, 7) is 4.70. The number of H-pyrrole nitrogens is 1. The number of aromatic nitrogens is 3. The number of rotatable bonds is 4. The second kappa shape index (κ2) is 8.44. The van der Waals surface area contributed by atoms with Crippen LogP contribution >= 0.6 is 23.2 Å². The zero-order valence-electron chi connectivity index (χ0n) is 18.2. The number of allylic oxidation sites excluding steroid dienone is 1. The van der Waals surface area contributed by atoms with Crippen LogP contribution in [0.2, 0.25) is 10.0 Å². The minimum Gasteiger partial charge on any atom is -0.340 e. The second-order valence-corrected chi connectivity index (χ2v) is 8.96. The van der Waals surface area contributed by atoms with Gasteiger partial charge in [-0.3, -0.25) is 0 Å². The Kier molecular flexibility index (Phi) is 5.46. The molecule has 2 heterocycles. The number of hydrogen-bond acceptors (Lipinski definition) is 2. The number of aromatic amines is 1. The van der Waals surface area contributed by atoms with E-state index in [4.69, 9.17) is 23.2 Å². The lowest BCUT2D eigenvalue weighted by atomic mass is 10.1. The van der Waals surface area contributed by atoms with Crippen molar-refractivity contribution in [2.45, 2.75) is 20.4 Å². The summed E-state index contributed by atoms with van der Waals surface area (Å²) < 4.78 is 2.22. The largest absolute Gasteiger partial charge is 0.340 e. The van der Waals surface area contributed by atoms with Crippen molar-refractivity contribution in [2.75, 3.05) is 0 Å². The van der Waals surface area contributed by atoms with E-state index >= 15 is 0 Å². The average Bonchev–Trinajstić information content (AvgIpc) is 3.32. The number of nitriles is 1. The Morgan fingerprint density at radius 1 is 1.09 bits per heavy atom. The molecule has 0 spiro atoms. The lowest BCUT2D eigenvalue weighted by Gasteiger charge is -2.10. The smallest absolute Gasteiger partial charge is 0.149 e. The van der Waals surface area contributed by atoms with E-state index in [1.807, 2.05) is 55.5 Å². The topological polar surface area (TPSA) is 57.4 Å². The Morgan fingerprint density at radius 3 is 2.70 bits per heavy atom. The molecular weight excluding hydrogens is 451 g/mol. The quantitative estimate of drug-likeness (QED) is 0.275. The maximum absolute atomic E-state index is 9.97. The van der Waals surface area contributed by atoms with Crippen molar-refractivity contribution in [1.29, 1.82) is 5.26 Å². The van der Waals surface area contributed by atoms with E-state index < -0.39 is 0 Å². The predicted molar refractivity (Wildman–Crippen MR) is 137 cm³/mol. The number of benzene rings is 3. The van der Waals surface area contributed by atoms with Gasteiger partial charge in [0.05, 0.1) is 16.6 Å². The van der Waals surface area contributed by atoms with E-state index in [-0.39, 0.29) is 0 Å². The lowest BCUT2D eigenvalue weighted by Crippen LogP contribution is -2.02. The van der Waals surface area contributed by atoms with Gasteiger partial charge in [0.2, 0.25) is 0 Å². The summed E-state index contributed by atoms with van der Waals surface area (Å²) in [5.74, 6) is 0.565. The molecule has 0 radical (unpaired) electrons. The van der Waals surface area contributed by atoms with Crippen LogP contribution in [-0.2, 0) is 6.54 Å². The molecule has 4 nitrogen and oxygen atoms in total. The normalized spacial score (nSPS) is 11.9. The molecule has 0 amide bonds. The fourth-order valence-corrected chi connectivity index (χ4v) is 4.68. The van der Waals surface area contributed by atoms with Gasteiger partial charge in [0.25, 0.3) is 0 Å². The number of fused-ring (bicyclic) bond motifs is 2. The van der Waals surface area contributed by atoms with E-state index in [2.05, 4.69) is 39.7 Å². The molecule has 0 unspecified atom stereocenters. The first-order valence-electron chi connectivity index (χ1n) is 10.5. The molecule has 0 saturated heterocycles. The third-order valence-electron chi connectivity index (χ3n) is 5.92. The Bertz CT molecular complexity index is 1600. The molecule has 0 aliphatic carbocycles. The zero-order valence-corrected chi connectivity index (χ0v) is 19.7. The first-order chi connectivity index (χ1) is 15.9. The van der Waals surface area contributed by atoms with Crippen LogP contribution in [0, 0.1) is 25.2 Å². The van der Waals surface area contributed by atoms with Crippen LogP contribution in [0.5, 0.6) is 0 Å². The zero-order chi connectivity index (χ0) is 23.1. The van der Waals surface area contributed by atoms with E-state index in [0.29, 0.717) is 28.0 Å². The van der Waals surface area contributed by atoms with Crippen LogP contribution in [0.4, 0.5) is 0 Å². The molecule has 5 rings (SSSR count). The van der Waals surface area contributed by atoms with Crippen molar-refractivity contribution in [3.63, 3.8) is 0 Å². The highest BCUT2D eigenvalue weighted by atomic mass is 35.5. The molecule has 5 aromatic rings. The Morgan fingerprint density at radius 2 is 1.91 bits per heavy atom. The van der Waals surface area contributed by atoms with Gasteiger partial charge < -0.3 is 9.55 Å². The van der Waals surface area contributed by atoms with Gasteiger partial charge in [0.1, 0.15) is 11.9 Å². The van der Waals surface area contributed by atoms with Crippen molar-refractivity contribution in [3.05, 3.63) is 98.9 Å². The maximum Gasteiger partial charge on any atom is 0.149 e. The van der Waals surface area contributed by atoms with Crippen molar-refractivity contribution in [3.8, 4) is 6.07 Å². The predicted octanol–water partition coefficient (Wildman–Crippen LogP) is 7.55. The van der Waals surface area contributed by atoms with E-state index in [1.54, 1.807) is 6.07 Å². The van der Waals surface area contributed by atoms with Crippen molar-refractivity contribution in [1.82, 2.24) is 14.5 Å². The number of halogens is 2. The summed E-state index contributed by atoms with van der Waals surface area (Å²) in [7, 11) is 0. The number of para-hydroxylation sites is 1. The van der Waals surface area contributed by atoms with Crippen LogP contribution in [-0.4, -0.2) is 14.5 Å². The minimum atomic E-state index is 0.486. The summed E-state index contributed by atoms with van der Waals surface area (Å²) in [6.07, 6.45) is 1.92. The highest BCUT2D eigenvalue weighted by molar-refractivity contribution is 6.35. The Hall–Kier alpha value is -3.52. The summed E-state index contributed by atoms with van der Waals surface area (Å²) >= 11 is 12.5. The number of aryl methyl sites for hydroxylation is 1. The van der Waals surface area contributed by atoms with Crippen LogP contribution < -0.4 is 0 Å². The van der Waals surface area contributed by atoms with Crippen molar-refractivity contribution >= 4 is 56.8 Å². The second-order valence-electron chi connectivity index (χ2n) is 8.11. The number of nitrogens with one attached hydrogen (secondary N) is 1. The van der Waals surface area contributed by atoms with Crippen LogP contribution in [0.3, 0.4) is 0 Å². The molecule has 6 heteroatoms. The molecule has 0 atom stereocenters. The molecule has 0 bridgehead atoms. The summed E-state index contributed by atoms with van der Waals surface area (Å²) in [5, 5.41) is 12.3. The molecular formula is C27H20Cl2N4. The molecule has 0 aliphatic rings. The average molecular weight is 471 g/mol. The summed E-state index contributed by atoms with van der Waals surface area (Å²) in [5.41, 5.74) is 7.47. The van der Waals surface area contributed by atoms with E-state index in [0.717, 1.165) is 44.3 Å². The number of hydrogen-bond donors (Lipinski definition) is 1. The molecule has 2 aromatic heterocycles.